The highest BCUT2D eigenvalue weighted by Gasteiger charge is 1.99. The average Bonchev–Trinajstić information content (AvgIpc) is 2.48. The van der Waals surface area contributed by atoms with Gasteiger partial charge in [0.25, 0.3) is 0 Å². The van der Waals surface area contributed by atoms with Gasteiger partial charge in [0.15, 0.2) is 0 Å². The number of hydrogen-bond donors (Lipinski definition) is 0. The molecule has 0 amide bonds. The van der Waals surface area contributed by atoms with Crippen LogP contribution in [0.5, 0.6) is 0 Å². The second-order valence-electron chi connectivity index (χ2n) is 3.41. The van der Waals surface area contributed by atoms with Crippen molar-refractivity contribution in [3.05, 3.63) is 18.0 Å². The van der Waals surface area contributed by atoms with Crippen molar-refractivity contribution in [1.82, 2.24) is 9.55 Å². The van der Waals surface area contributed by atoms with E-state index < -0.39 is 0 Å². The molecule has 0 aromatic carbocycles. The van der Waals surface area contributed by atoms with Crippen LogP contribution >= 0.6 is 8.73 Å². The molecule has 3 heteroatoms. The van der Waals surface area contributed by atoms with Gasteiger partial charge in [-0.2, -0.15) is 5.10 Å². The topological polar surface area (TPSA) is 17.8 Å². The Bertz CT molecular complexity index is 230. The molecular weight excluding hydrogens is 167 g/mol. The van der Waals surface area contributed by atoms with E-state index in [0.717, 1.165) is 21.1 Å². The van der Waals surface area contributed by atoms with Crippen molar-refractivity contribution in [1.29, 1.82) is 0 Å². The van der Waals surface area contributed by atoms with Crippen LogP contribution in [0.25, 0.3) is 0 Å². The van der Waals surface area contributed by atoms with Crippen molar-refractivity contribution in [3.8, 4) is 0 Å². The third-order valence-electron chi connectivity index (χ3n) is 1.85. The summed E-state index contributed by atoms with van der Waals surface area (Å²) in [5.41, 5.74) is 1.23. The Labute approximate surface area is 76.2 Å². The van der Waals surface area contributed by atoms with Crippen LogP contribution in [0.1, 0.15) is 26.0 Å². The zero-order chi connectivity index (χ0) is 8.97. The predicted molar refractivity (Wildman–Crippen MR) is 55.0 cm³/mol. The quantitative estimate of drug-likeness (QED) is 0.657. The van der Waals surface area contributed by atoms with Gasteiger partial charge in [-0.15, -0.1) is 0 Å². The van der Waals surface area contributed by atoms with Crippen molar-refractivity contribution in [2.45, 2.75) is 26.7 Å². The van der Waals surface area contributed by atoms with Crippen LogP contribution in [0.4, 0.5) is 0 Å². The van der Waals surface area contributed by atoms with Crippen LogP contribution in [0, 0.1) is 5.92 Å². The molecule has 0 aliphatic heterocycles. The van der Waals surface area contributed by atoms with Crippen molar-refractivity contribution in [3.63, 3.8) is 0 Å². The summed E-state index contributed by atoms with van der Waals surface area (Å²) in [6.07, 6.45) is 4.42. The van der Waals surface area contributed by atoms with Gasteiger partial charge in [0.2, 0.25) is 0 Å². The van der Waals surface area contributed by atoms with E-state index in [2.05, 4.69) is 37.9 Å². The van der Waals surface area contributed by atoms with E-state index >= 15 is 0 Å². The lowest BCUT2D eigenvalue weighted by molar-refractivity contribution is 0.580. The molecule has 12 heavy (non-hydrogen) atoms. The molecule has 0 radical (unpaired) electrons. The lowest BCUT2D eigenvalue weighted by atomic mass is 10.1. The minimum atomic E-state index is 0.755. The van der Waals surface area contributed by atoms with Crippen molar-refractivity contribution in [2.24, 2.45) is 5.92 Å². The Balaban J connectivity index is 2.41. The molecule has 68 valence electrons. The molecule has 0 saturated heterocycles. The summed E-state index contributed by atoms with van der Waals surface area (Å²) in [5.74, 6) is 0.777. The molecule has 1 aromatic rings. The third-order valence-corrected chi connectivity index (χ3v) is 2.56. The first-order valence-corrected chi connectivity index (χ1v) is 5.89. The first-order valence-electron chi connectivity index (χ1n) is 4.44. The van der Waals surface area contributed by atoms with Crippen molar-refractivity contribution in [2.75, 3.05) is 6.66 Å². The van der Waals surface area contributed by atoms with Crippen LogP contribution in [0.3, 0.4) is 0 Å². The van der Waals surface area contributed by atoms with Crippen molar-refractivity contribution >= 4 is 8.73 Å². The van der Waals surface area contributed by atoms with Gasteiger partial charge >= 0.3 is 0 Å². The van der Waals surface area contributed by atoms with Gasteiger partial charge < -0.3 is 0 Å². The van der Waals surface area contributed by atoms with Crippen LogP contribution in [0.15, 0.2) is 12.3 Å². The molecule has 0 fully saturated rings. The number of hydrogen-bond acceptors (Lipinski definition) is 1. The Morgan fingerprint density at radius 3 is 2.83 bits per heavy atom. The molecule has 0 aliphatic rings. The summed E-state index contributed by atoms with van der Waals surface area (Å²) < 4.78 is 2.01. The largest absolute Gasteiger partial charge is 0.255 e. The number of rotatable bonds is 4. The van der Waals surface area contributed by atoms with Gasteiger partial charge in [0, 0.05) is 6.20 Å². The number of aromatic nitrogens is 2. The third kappa shape index (κ3) is 2.94. The molecule has 1 rings (SSSR count). The molecule has 1 aromatic heterocycles. The Morgan fingerprint density at radius 1 is 1.58 bits per heavy atom. The predicted octanol–water partition coefficient (Wildman–Crippen LogP) is 2.54. The lowest BCUT2D eigenvalue weighted by Crippen LogP contribution is -1.93. The molecule has 1 atom stereocenters. The highest BCUT2D eigenvalue weighted by Crippen LogP contribution is 2.11. The second kappa shape index (κ2) is 4.61. The molecule has 2 nitrogen and oxygen atoms in total. The van der Waals surface area contributed by atoms with Crippen LogP contribution in [-0.2, 0) is 6.42 Å². The second-order valence-corrected chi connectivity index (χ2v) is 4.31. The lowest BCUT2D eigenvalue weighted by Gasteiger charge is -2.00. The summed E-state index contributed by atoms with van der Waals surface area (Å²) in [6, 6.07) is 2.12. The molecule has 0 spiro atoms. The zero-order valence-electron chi connectivity index (χ0n) is 8.04. The number of nitrogens with zero attached hydrogens (tertiary/aromatic N) is 2. The monoisotopic (exact) mass is 184 g/mol. The van der Waals surface area contributed by atoms with Crippen LogP contribution in [0.2, 0.25) is 0 Å². The van der Waals surface area contributed by atoms with Gasteiger partial charge in [-0.3, -0.25) is 4.45 Å². The van der Waals surface area contributed by atoms with E-state index in [0.29, 0.717) is 0 Å². The molecule has 0 bridgehead atoms. The van der Waals surface area contributed by atoms with Gasteiger partial charge in [-0.1, -0.05) is 13.8 Å². The van der Waals surface area contributed by atoms with E-state index in [4.69, 9.17) is 0 Å². The van der Waals surface area contributed by atoms with E-state index in [1.54, 1.807) is 0 Å². The fourth-order valence-corrected chi connectivity index (χ4v) is 1.51. The smallest absolute Gasteiger partial charge is 0.0627 e. The van der Waals surface area contributed by atoms with Gasteiger partial charge in [-0.05, 0) is 40.2 Å². The molecule has 1 unspecified atom stereocenters. The highest BCUT2D eigenvalue weighted by atomic mass is 31.1. The van der Waals surface area contributed by atoms with Gasteiger partial charge in [0.05, 0.1) is 5.69 Å². The minimum absolute atomic E-state index is 0.755. The van der Waals surface area contributed by atoms with Crippen LogP contribution < -0.4 is 0 Å². The number of aryl methyl sites for hydroxylation is 1. The summed E-state index contributed by atoms with van der Waals surface area (Å²) in [7, 11) is 0.755. The Morgan fingerprint density at radius 2 is 2.33 bits per heavy atom. The maximum atomic E-state index is 4.43. The molecule has 0 aliphatic carbocycles. The van der Waals surface area contributed by atoms with Crippen LogP contribution in [-0.4, -0.2) is 16.2 Å². The van der Waals surface area contributed by atoms with E-state index in [1.165, 1.54) is 12.1 Å². The fourth-order valence-electron chi connectivity index (χ4n) is 1.06. The molecule has 0 N–H and O–H groups in total. The first-order chi connectivity index (χ1) is 5.72. The molecular formula is C9H17N2P. The first kappa shape index (κ1) is 9.73. The SMILES string of the molecule is CPn1ccc(CCC(C)C)n1. The summed E-state index contributed by atoms with van der Waals surface area (Å²) in [4.78, 5) is 0. The molecule has 0 saturated carbocycles. The maximum Gasteiger partial charge on any atom is 0.0627 e. The van der Waals surface area contributed by atoms with Gasteiger partial charge in [0.1, 0.15) is 0 Å². The van der Waals surface area contributed by atoms with E-state index in [-0.39, 0.29) is 0 Å². The van der Waals surface area contributed by atoms with E-state index in [1.807, 2.05) is 4.45 Å². The summed E-state index contributed by atoms with van der Waals surface area (Å²) in [6.45, 7) is 6.64. The van der Waals surface area contributed by atoms with E-state index in [9.17, 15) is 0 Å². The minimum Gasteiger partial charge on any atom is -0.255 e. The van der Waals surface area contributed by atoms with Crippen molar-refractivity contribution < 1.29 is 0 Å². The normalized spacial score (nSPS) is 12.0. The summed E-state index contributed by atoms with van der Waals surface area (Å²) in [5, 5.41) is 4.43. The Hall–Kier alpha value is -0.360. The molecule has 1 heterocycles. The fraction of sp³-hybridized carbons (Fsp3) is 0.667. The Kier molecular flexibility index (Phi) is 3.74. The summed E-state index contributed by atoms with van der Waals surface area (Å²) >= 11 is 0. The van der Waals surface area contributed by atoms with Gasteiger partial charge in [-0.25, -0.2) is 0 Å². The average molecular weight is 184 g/mol. The zero-order valence-corrected chi connectivity index (χ0v) is 9.04. The maximum absolute atomic E-state index is 4.43. The standard InChI is InChI=1S/C9H17N2P/c1-8(2)4-5-9-6-7-11(10-9)12-3/h6-8,12H,4-5H2,1-3H3. The highest BCUT2D eigenvalue weighted by molar-refractivity contribution is 7.35.